The standard InChI is InChI=1S/C10H11BrN4O/c11-7-3-4-8(13-6-7)10-14-9(16-15-10)2-1-5-12/h3-4,6H,1-2,5,12H2. The summed E-state index contributed by atoms with van der Waals surface area (Å²) in [7, 11) is 0. The zero-order valence-electron chi connectivity index (χ0n) is 8.56. The van der Waals surface area contributed by atoms with E-state index < -0.39 is 0 Å². The van der Waals surface area contributed by atoms with Gasteiger partial charge in [-0.05, 0) is 41.0 Å². The van der Waals surface area contributed by atoms with E-state index in [0.29, 0.717) is 30.4 Å². The highest BCUT2D eigenvalue weighted by Crippen LogP contribution is 2.16. The highest BCUT2D eigenvalue weighted by molar-refractivity contribution is 9.10. The van der Waals surface area contributed by atoms with Gasteiger partial charge in [-0.25, -0.2) is 0 Å². The summed E-state index contributed by atoms with van der Waals surface area (Å²) in [6.45, 7) is 0.619. The van der Waals surface area contributed by atoms with Crippen LogP contribution in [0.5, 0.6) is 0 Å². The highest BCUT2D eigenvalue weighted by Gasteiger charge is 2.08. The molecule has 5 nitrogen and oxygen atoms in total. The number of nitrogens with zero attached hydrogens (tertiary/aromatic N) is 3. The van der Waals surface area contributed by atoms with Crippen molar-refractivity contribution < 1.29 is 4.52 Å². The second-order valence-corrected chi connectivity index (χ2v) is 4.18. The minimum absolute atomic E-state index is 0.513. The van der Waals surface area contributed by atoms with Crippen LogP contribution in [0.1, 0.15) is 12.3 Å². The summed E-state index contributed by atoms with van der Waals surface area (Å²) in [4.78, 5) is 8.42. The van der Waals surface area contributed by atoms with Gasteiger partial charge in [-0.3, -0.25) is 4.98 Å². The molecule has 0 fully saturated rings. The minimum Gasteiger partial charge on any atom is -0.339 e. The SMILES string of the molecule is NCCCc1nc(-c2ccc(Br)cn2)no1. The van der Waals surface area contributed by atoms with Gasteiger partial charge in [0, 0.05) is 17.1 Å². The van der Waals surface area contributed by atoms with Crippen LogP contribution in [0.3, 0.4) is 0 Å². The van der Waals surface area contributed by atoms with Gasteiger partial charge < -0.3 is 10.3 Å². The summed E-state index contributed by atoms with van der Waals surface area (Å²) in [5.41, 5.74) is 6.10. The molecule has 2 aromatic heterocycles. The van der Waals surface area contributed by atoms with E-state index in [9.17, 15) is 0 Å². The highest BCUT2D eigenvalue weighted by atomic mass is 79.9. The van der Waals surface area contributed by atoms with Gasteiger partial charge in [-0.2, -0.15) is 4.98 Å². The molecular formula is C10H11BrN4O. The molecule has 2 aromatic rings. The molecule has 0 radical (unpaired) electrons. The monoisotopic (exact) mass is 282 g/mol. The number of nitrogens with two attached hydrogens (primary N) is 1. The van der Waals surface area contributed by atoms with Crippen molar-refractivity contribution in [2.75, 3.05) is 6.54 Å². The summed E-state index contributed by atoms with van der Waals surface area (Å²) in [6, 6.07) is 3.72. The number of hydrogen-bond donors (Lipinski definition) is 1. The van der Waals surface area contributed by atoms with E-state index in [-0.39, 0.29) is 0 Å². The number of pyridine rings is 1. The van der Waals surface area contributed by atoms with E-state index in [0.717, 1.165) is 10.9 Å². The molecule has 0 aromatic carbocycles. The van der Waals surface area contributed by atoms with Crippen molar-refractivity contribution in [1.29, 1.82) is 0 Å². The normalized spacial score (nSPS) is 10.6. The molecule has 84 valence electrons. The Morgan fingerprint density at radius 2 is 2.25 bits per heavy atom. The van der Waals surface area contributed by atoms with E-state index in [1.54, 1.807) is 6.20 Å². The fourth-order valence-electron chi connectivity index (χ4n) is 1.22. The summed E-state index contributed by atoms with van der Waals surface area (Å²) in [6.07, 6.45) is 3.25. The molecular weight excluding hydrogens is 272 g/mol. The minimum atomic E-state index is 0.513. The zero-order valence-corrected chi connectivity index (χ0v) is 10.1. The summed E-state index contributed by atoms with van der Waals surface area (Å²) < 4.78 is 6.00. The van der Waals surface area contributed by atoms with Crippen LogP contribution in [0.2, 0.25) is 0 Å². The third-order valence-electron chi connectivity index (χ3n) is 2.02. The van der Waals surface area contributed by atoms with Gasteiger partial charge in [-0.15, -0.1) is 0 Å². The van der Waals surface area contributed by atoms with E-state index in [1.807, 2.05) is 12.1 Å². The maximum Gasteiger partial charge on any atom is 0.227 e. The van der Waals surface area contributed by atoms with Crippen molar-refractivity contribution in [1.82, 2.24) is 15.1 Å². The summed E-state index contributed by atoms with van der Waals surface area (Å²) in [5, 5.41) is 3.86. The maximum atomic E-state index is 5.40. The lowest BCUT2D eigenvalue weighted by Crippen LogP contribution is -2.00. The first kappa shape index (κ1) is 11.2. The number of aromatic nitrogens is 3. The first-order valence-corrected chi connectivity index (χ1v) is 5.73. The average molecular weight is 283 g/mol. The lowest BCUT2D eigenvalue weighted by atomic mass is 10.3. The Bertz CT molecular complexity index is 454. The molecule has 0 aliphatic carbocycles. The molecule has 0 unspecified atom stereocenters. The third kappa shape index (κ3) is 2.65. The van der Waals surface area contributed by atoms with E-state index in [1.165, 1.54) is 0 Å². The van der Waals surface area contributed by atoms with Crippen LogP contribution in [0, 0.1) is 0 Å². The first-order valence-electron chi connectivity index (χ1n) is 4.94. The van der Waals surface area contributed by atoms with Crippen molar-refractivity contribution in [3.63, 3.8) is 0 Å². The van der Waals surface area contributed by atoms with Gasteiger partial charge in [0.2, 0.25) is 11.7 Å². The summed E-state index contributed by atoms with van der Waals surface area (Å²) >= 11 is 3.32. The van der Waals surface area contributed by atoms with Crippen LogP contribution >= 0.6 is 15.9 Å². The van der Waals surface area contributed by atoms with Crippen LogP contribution < -0.4 is 5.73 Å². The Hall–Kier alpha value is -1.27. The first-order chi connectivity index (χ1) is 7.79. The second-order valence-electron chi connectivity index (χ2n) is 3.27. The number of hydrogen-bond acceptors (Lipinski definition) is 5. The molecule has 0 aliphatic heterocycles. The largest absolute Gasteiger partial charge is 0.339 e. The molecule has 0 spiro atoms. The Balaban J connectivity index is 2.15. The zero-order chi connectivity index (χ0) is 11.4. The predicted molar refractivity (Wildman–Crippen MR) is 62.6 cm³/mol. The molecule has 0 saturated carbocycles. The predicted octanol–water partition coefficient (Wildman–Crippen LogP) is 1.79. The van der Waals surface area contributed by atoms with Gasteiger partial charge in [0.1, 0.15) is 5.69 Å². The van der Waals surface area contributed by atoms with Crippen molar-refractivity contribution >= 4 is 15.9 Å². The van der Waals surface area contributed by atoms with Crippen LogP contribution in [0.15, 0.2) is 27.3 Å². The molecule has 0 saturated heterocycles. The smallest absolute Gasteiger partial charge is 0.227 e. The summed E-state index contributed by atoms with van der Waals surface area (Å²) in [5.74, 6) is 1.12. The molecule has 0 aliphatic rings. The fourth-order valence-corrected chi connectivity index (χ4v) is 1.46. The van der Waals surface area contributed by atoms with Crippen molar-refractivity contribution in [2.45, 2.75) is 12.8 Å². The van der Waals surface area contributed by atoms with E-state index in [4.69, 9.17) is 10.3 Å². The topological polar surface area (TPSA) is 77.8 Å². The van der Waals surface area contributed by atoms with Gasteiger partial charge in [0.15, 0.2) is 0 Å². The van der Waals surface area contributed by atoms with Crippen LogP contribution in [-0.2, 0) is 6.42 Å². The van der Waals surface area contributed by atoms with Crippen LogP contribution in [0.25, 0.3) is 11.5 Å². The lowest BCUT2D eigenvalue weighted by Gasteiger charge is -1.92. The van der Waals surface area contributed by atoms with Gasteiger partial charge in [0.05, 0.1) is 0 Å². The van der Waals surface area contributed by atoms with Crippen molar-refractivity contribution in [3.05, 3.63) is 28.7 Å². The van der Waals surface area contributed by atoms with Crippen LogP contribution in [0.4, 0.5) is 0 Å². The van der Waals surface area contributed by atoms with Crippen LogP contribution in [-0.4, -0.2) is 21.7 Å². The quantitative estimate of drug-likeness (QED) is 0.925. The Labute approximate surface area is 101 Å². The number of aryl methyl sites for hydroxylation is 1. The van der Waals surface area contributed by atoms with Gasteiger partial charge in [-0.1, -0.05) is 5.16 Å². The lowest BCUT2D eigenvalue weighted by molar-refractivity contribution is 0.376. The molecule has 0 bridgehead atoms. The number of halogens is 1. The molecule has 2 N–H and O–H groups in total. The molecule has 0 atom stereocenters. The second kappa shape index (κ2) is 5.18. The molecule has 2 rings (SSSR count). The van der Waals surface area contributed by atoms with E-state index in [2.05, 4.69) is 31.1 Å². The molecule has 2 heterocycles. The van der Waals surface area contributed by atoms with Gasteiger partial charge >= 0.3 is 0 Å². The fraction of sp³-hybridized carbons (Fsp3) is 0.300. The Morgan fingerprint density at radius 3 is 2.94 bits per heavy atom. The van der Waals surface area contributed by atoms with Gasteiger partial charge in [0.25, 0.3) is 0 Å². The number of rotatable bonds is 4. The van der Waals surface area contributed by atoms with Crippen molar-refractivity contribution in [2.24, 2.45) is 5.73 Å². The molecule has 16 heavy (non-hydrogen) atoms. The average Bonchev–Trinajstić information content (AvgIpc) is 2.76. The molecule has 0 amide bonds. The third-order valence-corrected chi connectivity index (χ3v) is 2.49. The Morgan fingerprint density at radius 1 is 1.38 bits per heavy atom. The van der Waals surface area contributed by atoms with Crippen molar-refractivity contribution in [3.8, 4) is 11.5 Å². The molecule has 6 heteroatoms. The van der Waals surface area contributed by atoms with E-state index >= 15 is 0 Å². The maximum absolute atomic E-state index is 5.40. The Kier molecular flexibility index (Phi) is 3.63.